The second-order valence-corrected chi connectivity index (χ2v) is 5.95. The molecule has 0 aromatic heterocycles. The molecule has 0 radical (unpaired) electrons. The van der Waals surface area contributed by atoms with Gasteiger partial charge in [0.2, 0.25) is 0 Å². The van der Waals surface area contributed by atoms with Crippen molar-refractivity contribution in [3.05, 3.63) is 24.3 Å². The second kappa shape index (κ2) is 7.14. The lowest BCUT2D eigenvalue weighted by Crippen LogP contribution is -2.40. The summed E-state index contributed by atoms with van der Waals surface area (Å²) in [5.74, 6) is 2.54. The van der Waals surface area contributed by atoms with E-state index in [0.29, 0.717) is 12.6 Å². The molecular weight excluding hydrogens is 264 g/mol. The van der Waals surface area contributed by atoms with Gasteiger partial charge in [0.15, 0.2) is 11.5 Å². The molecule has 2 atom stereocenters. The van der Waals surface area contributed by atoms with Crippen LogP contribution in [0.2, 0.25) is 0 Å². The zero-order valence-corrected chi connectivity index (χ0v) is 12.9. The summed E-state index contributed by atoms with van der Waals surface area (Å²) in [4.78, 5) is 2.52. The molecule has 1 N–H and O–H groups in total. The van der Waals surface area contributed by atoms with Crippen LogP contribution in [-0.4, -0.2) is 50.3 Å². The Bertz CT molecular complexity index is 438. The Hall–Kier alpha value is -1.26. The van der Waals surface area contributed by atoms with Crippen LogP contribution in [0.1, 0.15) is 19.8 Å². The molecule has 2 heterocycles. The molecule has 116 valence electrons. The third-order valence-corrected chi connectivity index (χ3v) is 4.49. The predicted molar refractivity (Wildman–Crippen MR) is 84.1 cm³/mol. The van der Waals surface area contributed by atoms with Crippen molar-refractivity contribution in [2.24, 2.45) is 5.92 Å². The van der Waals surface area contributed by atoms with Crippen LogP contribution in [0.4, 0.5) is 0 Å². The smallest absolute Gasteiger partial charge is 0.161 e. The fourth-order valence-corrected chi connectivity index (χ4v) is 3.45. The normalized spacial score (nSPS) is 25.6. The Morgan fingerprint density at radius 3 is 2.76 bits per heavy atom. The van der Waals surface area contributed by atoms with E-state index in [9.17, 15) is 0 Å². The average Bonchev–Trinajstić information content (AvgIpc) is 2.92. The first-order chi connectivity index (χ1) is 10.4. The van der Waals surface area contributed by atoms with Crippen LogP contribution in [0.25, 0.3) is 0 Å². The first kappa shape index (κ1) is 14.7. The predicted octanol–water partition coefficient (Wildman–Crippen LogP) is 2.15. The van der Waals surface area contributed by atoms with Gasteiger partial charge in [0.1, 0.15) is 6.61 Å². The van der Waals surface area contributed by atoms with Gasteiger partial charge in [-0.05, 0) is 44.4 Å². The molecule has 0 spiro atoms. The largest absolute Gasteiger partial charge is 0.490 e. The number of nitrogens with zero attached hydrogens (tertiary/aromatic N) is 1. The Labute approximate surface area is 127 Å². The van der Waals surface area contributed by atoms with Gasteiger partial charge >= 0.3 is 0 Å². The van der Waals surface area contributed by atoms with Crippen molar-refractivity contribution in [2.75, 3.05) is 39.4 Å². The van der Waals surface area contributed by atoms with Crippen LogP contribution in [0.15, 0.2) is 24.3 Å². The molecule has 21 heavy (non-hydrogen) atoms. The average molecular weight is 290 g/mol. The minimum atomic E-state index is 0.668. The molecule has 1 aromatic carbocycles. The number of likely N-dealkylation sites (tertiary alicyclic amines) is 1. The molecule has 2 aliphatic heterocycles. The van der Waals surface area contributed by atoms with Gasteiger partial charge in [0.25, 0.3) is 0 Å². The van der Waals surface area contributed by atoms with E-state index < -0.39 is 0 Å². The highest BCUT2D eigenvalue weighted by Crippen LogP contribution is 2.27. The quantitative estimate of drug-likeness (QED) is 0.870. The fraction of sp³-hybridized carbons (Fsp3) is 0.647. The Kier molecular flexibility index (Phi) is 4.99. The van der Waals surface area contributed by atoms with Crippen LogP contribution < -0.4 is 14.8 Å². The molecule has 2 fully saturated rings. The van der Waals surface area contributed by atoms with Crippen molar-refractivity contribution in [1.29, 1.82) is 0 Å². The van der Waals surface area contributed by atoms with E-state index in [1.807, 2.05) is 31.2 Å². The van der Waals surface area contributed by atoms with Gasteiger partial charge < -0.3 is 14.8 Å². The van der Waals surface area contributed by atoms with Crippen LogP contribution in [-0.2, 0) is 0 Å². The molecule has 0 bridgehead atoms. The highest BCUT2D eigenvalue weighted by atomic mass is 16.5. The number of hydrogen-bond donors (Lipinski definition) is 1. The third-order valence-electron chi connectivity index (χ3n) is 4.49. The maximum Gasteiger partial charge on any atom is 0.161 e. The molecular formula is C17H26N2O2. The summed E-state index contributed by atoms with van der Waals surface area (Å²) in [5.41, 5.74) is 0. The number of benzene rings is 1. The fourth-order valence-electron chi connectivity index (χ4n) is 3.45. The van der Waals surface area contributed by atoms with Crippen molar-refractivity contribution in [3.63, 3.8) is 0 Å². The number of ether oxygens (including phenoxy) is 2. The molecule has 0 amide bonds. The SMILES string of the molecule is CCOc1ccccc1OCCN1C[C@@H]2CCCN[C@@H]2C1. The van der Waals surface area contributed by atoms with E-state index in [1.54, 1.807) is 0 Å². The monoisotopic (exact) mass is 290 g/mol. The minimum absolute atomic E-state index is 0.668. The van der Waals surface area contributed by atoms with Crippen molar-refractivity contribution in [3.8, 4) is 11.5 Å². The molecule has 0 saturated carbocycles. The van der Waals surface area contributed by atoms with E-state index in [2.05, 4.69) is 10.2 Å². The number of fused-ring (bicyclic) bond motifs is 1. The van der Waals surface area contributed by atoms with Crippen molar-refractivity contribution in [1.82, 2.24) is 10.2 Å². The van der Waals surface area contributed by atoms with Crippen molar-refractivity contribution < 1.29 is 9.47 Å². The zero-order chi connectivity index (χ0) is 14.5. The lowest BCUT2D eigenvalue weighted by Gasteiger charge is -2.24. The zero-order valence-electron chi connectivity index (χ0n) is 12.9. The number of piperidine rings is 1. The van der Waals surface area contributed by atoms with Crippen LogP contribution in [0.3, 0.4) is 0 Å². The van der Waals surface area contributed by atoms with E-state index in [-0.39, 0.29) is 0 Å². The van der Waals surface area contributed by atoms with Gasteiger partial charge in [-0.15, -0.1) is 0 Å². The van der Waals surface area contributed by atoms with E-state index >= 15 is 0 Å². The van der Waals surface area contributed by atoms with Gasteiger partial charge in [0.05, 0.1) is 6.61 Å². The van der Waals surface area contributed by atoms with Crippen LogP contribution in [0, 0.1) is 5.92 Å². The van der Waals surface area contributed by atoms with E-state index in [1.165, 1.54) is 32.5 Å². The van der Waals surface area contributed by atoms with Gasteiger partial charge in [-0.25, -0.2) is 0 Å². The van der Waals surface area contributed by atoms with Crippen molar-refractivity contribution in [2.45, 2.75) is 25.8 Å². The summed E-state index contributed by atoms with van der Waals surface area (Å²) in [7, 11) is 0. The minimum Gasteiger partial charge on any atom is -0.490 e. The van der Waals surface area contributed by atoms with Crippen LogP contribution >= 0.6 is 0 Å². The maximum atomic E-state index is 5.92. The Morgan fingerprint density at radius 2 is 2.00 bits per heavy atom. The summed E-state index contributed by atoms with van der Waals surface area (Å²) in [6.45, 7) is 7.96. The number of nitrogens with one attached hydrogen (secondary N) is 1. The Morgan fingerprint density at radius 1 is 1.19 bits per heavy atom. The molecule has 3 rings (SSSR count). The first-order valence-corrected chi connectivity index (χ1v) is 8.17. The van der Waals surface area contributed by atoms with Crippen LogP contribution in [0.5, 0.6) is 11.5 Å². The summed E-state index contributed by atoms with van der Waals surface area (Å²) in [5, 5.41) is 3.64. The van der Waals surface area contributed by atoms with Crippen molar-refractivity contribution >= 4 is 0 Å². The first-order valence-electron chi connectivity index (χ1n) is 8.17. The molecule has 4 nitrogen and oxygen atoms in total. The number of rotatable bonds is 6. The van der Waals surface area contributed by atoms with Gasteiger partial charge in [-0.3, -0.25) is 4.90 Å². The molecule has 4 heteroatoms. The molecule has 0 aliphatic carbocycles. The standard InChI is InChI=1S/C17H26N2O2/c1-2-20-16-7-3-4-8-17(16)21-11-10-19-12-14-6-5-9-18-15(14)13-19/h3-4,7-8,14-15,18H,2,5-6,9-13H2,1H3/t14-,15+/m0/s1. The van der Waals surface area contributed by atoms with Gasteiger partial charge in [-0.1, -0.05) is 12.1 Å². The summed E-state index contributed by atoms with van der Waals surface area (Å²) < 4.78 is 11.5. The highest BCUT2D eigenvalue weighted by molar-refractivity contribution is 5.39. The summed E-state index contributed by atoms with van der Waals surface area (Å²) in [6, 6.07) is 8.62. The number of para-hydroxylation sites is 2. The topological polar surface area (TPSA) is 33.7 Å². The summed E-state index contributed by atoms with van der Waals surface area (Å²) in [6.07, 6.45) is 2.70. The lowest BCUT2D eigenvalue weighted by molar-refractivity contribution is 0.221. The number of hydrogen-bond acceptors (Lipinski definition) is 4. The highest BCUT2D eigenvalue weighted by Gasteiger charge is 2.33. The maximum absolute atomic E-state index is 5.92. The van der Waals surface area contributed by atoms with Gasteiger partial charge in [0, 0.05) is 25.7 Å². The third kappa shape index (κ3) is 3.69. The molecule has 2 aliphatic rings. The molecule has 0 unspecified atom stereocenters. The lowest BCUT2D eigenvalue weighted by atomic mass is 9.94. The molecule has 1 aromatic rings. The van der Waals surface area contributed by atoms with Gasteiger partial charge in [-0.2, -0.15) is 0 Å². The van der Waals surface area contributed by atoms with E-state index in [4.69, 9.17) is 9.47 Å². The second-order valence-electron chi connectivity index (χ2n) is 5.95. The summed E-state index contributed by atoms with van der Waals surface area (Å²) >= 11 is 0. The van der Waals surface area contributed by atoms with E-state index in [0.717, 1.165) is 30.6 Å². The molecule has 2 saturated heterocycles. The Balaban J connectivity index is 1.46.